The first-order valence-electron chi connectivity index (χ1n) is 36.1. The predicted molar refractivity (Wildman–Crippen MR) is 387 cm³/mol. The number of Topliss-reactive ketones (excluding diaryl/α,β-unsaturated/α-hetero) is 1. The molecular formula is C71H86BBrN6O34S. The lowest BCUT2D eigenvalue weighted by Gasteiger charge is -2.55. The highest BCUT2D eigenvalue weighted by atomic mass is 79.9. The van der Waals surface area contributed by atoms with Gasteiger partial charge in [0, 0.05) is 60.4 Å². The van der Waals surface area contributed by atoms with Crippen LogP contribution < -0.4 is 24.3 Å². The maximum Gasteiger partial charge on any atom is 0.411 e. The van der Waals surface area contributed by atoms with Gasteiger partial charge in [0.1, 0.15) is 120 Å². The van der Waals surface area contributed by atoms with Crippen molar-refractivity contribution in [1.82, 2.24) is 30.1 Å². The lowest BCUT2D eigenvalue weighted by Crippen LogP contribution is -2.76. The fourth-order valence-corrected chi connectivity index (χ4v) is 16.1. The molecule has 7 aliphatic rings. The standard InChI is InChI=1S/C71H86BBrN6O34S/c1-34-24-40-48(49(82)47-39(56(40)98-2)6-5-7-43(47)80)57-46(34)58-61-71(99-3,112-57)69(31-73,106-33-77(15-23-114(4,96)97)68(95)105-28-35-8-11-38(12-9-35)107-65-54(87)50(83)52(85)59(109-65)63(90)91)70(111-58,113-61)32-74-67(94)104-29-36-10-13-44(108-66-55(88)51(84)53(86)60(110-66)64(92)93)42(25-36)79-27-37(75-76-79)30-103-22-21-102-20-19-101-18-17-100-16-14-78-45(81)26-41(72)62(78)89/h8-13,24-25,27,41,50-55,58-61,65-66,82-88H,5-7,14-23,26,28-33,72H2,1-4H3,(H,74,94)(H,90,91)(H,92,93)/t41-,50+,51+,52+,53+,54-,55-,58?,59+,60+,61?,65-,66-,69-,70?,71-/m1/s1. The number of carboxylic acids is 2. The number of aromatic hydroxyl groups is 1. The highest BCUT2D eigenvalue weighted by molar-refractivity contribution is 9.09. The minimum atomic E-state index is -3.85. The molecule has 40 nitrogen and oxygen atoms in total. The van der Waals surface area contributed by atoms with Crippen molar-refractivity contribution in [3.05, 3.63) is 93.8 Å². The van der Waals surface area contributed by atoms with Crippen molar-refractivity contribution in [3.8, 4) is 34.4 Å². The number of carbonyl (C=O) groups excluding carboxylic acids is 5. The summed E-state index contributed by atoms with van der Waals surface area (Å²) in [5.41, 5.74) is -0.0954. The van der Waals surface area contributed by atoms with Gasteiger partial charge in [0.2, 0.25) is 35.8 Å². The smallest absolute Gasteiger partial charge is 0.411 e. The zero-order valence-corrected chi connectivity index (χ0v) is 64.5. The minimum absolute atomic E-state index is 0.0139. The number of halogens is 1. The van der Waals surface area contributed by atoms with Gasteiger partial charge in [-0.05, 0) is 66.8 Å². The van der Waals surface area contributed by atoms with Gasteiger partial charge < -0.3 is 127 Å². The number of nitrogens with zero attached hydrogens (tertiary/aromatic N) is 5. The van der Waals surface area contributed by atoms with E-state index in [4.69, 9.17) is 75.8 Å². The Kier molecular flexibility index (Phi) is 26.4. The number of nitrogens with one attached hydrogen (secondary N) is 1. The first kappa shape index (κ1) is 84.8. The molecule has 1 aromatic heterocycles. The van der Waals surface area contributed by atoms with E-state index in [1.54, 1.807) is 20.8 Å². The van der Waals surface area contributed by atoms with Crippen LogP contribution in [0.3, 0.4) is 0 Å². The van der Waals surface area contributed by atoms with E-state index in [-0.39, 0.29) is 141 Å². The number of sulfone groups is 1. The van der Waals surface area contributed by atoms with Crippen LogP contribution in [-0.2, 0) is 112 Å². The zero-order valence-electron chi connectivity index (χ0n) is 62.1. The molecule has 4 aromatic carbocycles. The van der Waals surface area contributed by atoms with Gasteiger partial charge in [0.05, 0.1) is 96.0 Å². The summed E-state index contributed by atoms with van der Waals surface area (Å²) in [4.78, 5) is 92.7. The number of aromatic nitrogens is 3. The third kappa shape index (κ3) is 17.0. The van der Waals surface area contributed by atoms with E-state index in [9.17, 15) is 87.9 Å². The average Bonchev–Trinajstić information content (AvgIpc) is 1.47. The molecule has 43 heteroatoms. The van der Waals surface area contributed by atoms with Crippen molar-refractivity contribution >= 4 is 86.1 Å². The summed E-state index contributed by atoms with van der Waals surface area (Å²) >= 11 is 3.60. The molecule has 5 aromatic rings. The number of alkyl carbamates (subject to hydrolysis) is 1. The van der Waals surface area contributed by atoms with Crippen molar-refractivity contribution in [3.63, 3.8) is 0 Å². The fourth-order valence-electron chi connectivity index (χ4n) is 14.6. The molecule has 10 N–H and O–H groups in total. The summed E-state index contributed by atoms with van der Waals surface area (Å²) in [7, 11) is 0.525. The molecule has 0 saturated carbocycles. The Bertz CT molecular complexity index is 4530. The van der Waals surface area contributed by atoms with Crippen LogP contribution in [0.15, 0.2) is 54.7 Å². The number of phenols is 1. The van der Waals surface area contributed by atoms with Gasteiger partial charge in [0.25, 0.3) is 5.79 Å². The van der Waals surface area contributed by atoms with Crippen LogP contribution in [-0.4, -0.2) is 318 Å². The number of benzene rings is 4. The molecule has 0 radical (unpaired) electrons. The number of methoxy groups -OCH3 is 2. The molecular weight excluding hydrogens is 1600 g/mol. The van der Waals surface area contributed by atoms with Gasteiger partial charge in [-0.2, -0.15) is 0 Å². The van der Waals surface area contributed by atoms with E-state index in [1.807, 2.05) is 0 Å². The van der Waals surface area contributed by atoms with E-state index in [2.05, 4.69) is 31.6 Å². The molecule has 114 heavy (non-hydrogen) atoms. The van der Waals surface area contributed by atoms with E-state index >= 15 is 0 Å². The molecule has 7 heterocycles. The number of ether oxygens (including phenoxy) is 16. The predicted octanol–water partition coefficient (Wildman–Crippen LogP) is -1.13. The third-order valence-electron chi connectivity index (χ3n) is 20.4. The number of aryl methyl sites for hydroxylation is 1. The van der Waals surface area contributed by atoms with Crippen molar-refractivity contribution in [1.29, 1.82) is 0 Å². The molecule has 6 aliphatic heterocycles. The Hall–Kier alpha value is -8.58. The second-order valence-electron chi connectivity index (χ2n) is 28.0. The molecule has 620 valence electrons. The van der Waals surface area contributed by atoms with Gasteiger partial charge >= 0.3 is 24.1 Å². The summed E-state index contributed by atoms with van der Waals surface area (Å²) in [6.07, 6.45) is -20.8. The van der Waals surface area contributed by atoms with Crippen LogP contribution in [0.25, 0.3) is 16.5 Å². The molecule has 2 bridgehead atoms. The Labute approximate surface area is 658 Å². The number of rotatable bonds is 36. The summed E-state index contributed by atoms with van der Waals surface area (Å²) in [6, 6.07) is 11.4. The second-order valence-corrected chi connectivity index (χ2v) is 30.8. The van der Waals surface area contributed by atoms with Crippen molar-refractivity contribution in [2.75, 3.05) is 104 Å². The van der Waals surface area contributed by atoms with Gasteiger partial charge in [-0.15, -0.1) is 5.10 Å². The first-order chi connectivity index (χ1) is 54.4. The number of imide groups is 1. The molecule has 12 rings (SSSR count). The zero-order chi connectivity index (χ0) is 81.9. The fraction of sp³-hybridized carbons (Fsp3) is 0.563. The van der Waals surface area contributed by atoms with Gasteiger partial charge in [-0.25, -0.2) is 32.3 Å². The first-order valence-corrected chi connectivity index (χ1v) is 39.3. The SMILES string of the molecule is B[C@@H]1CC(=O)N(CCOCCOCCOCCOCc2cn(-c3cc(COC(=O)NCC45OC6c7c(C)cc8c(OC)c9c(c(O)c8c7O[C@](OC)(C6O4)[C@]5(CBr)OCN(CCS(C)(=O)=O)C(=O)OCc4ccc(O[C@@H]5O[C@H](C(=O)O)[C@@H](O)[C@H](O)[C@H]5O)cc4)C(=O)CCC9)ccc3O[C@@H]3O[C@H](C(=O)O)[C@@H](O)[C@H](O)[C@H]3O)nn2)C1=O. The Morgan fingerprint density at radius 2 is 1.41 bits per heavy atom. The topological polar surface area (TPSA) is 533 Å². The number of ketones is 1. The van der Waals surface area contributed by atoms with E-state index < -0.39 is 175 Å². The van der Waals surface area contributed by atoms with E-state index in [0.29, 0.717) is 46.2 Å². The van der Waals surface area contributed by atoms with E-state index in [0.717, 1.165) is 11.2 Å². The number of alkyl halides is 1. The maximum atomic E-state index is 14.5. The number of hydrogen-bond acceptors (Lipinski definition) is 34. The molecule has 5 fully saturated rings. The van der Waals surface area contributed by atoms with Crippen molar-refractivity contribution in [2.24, 2.45) is 0 Å². The van der Waals surface area contributed by atoms with Crippen LogP contribution in [0.4, 0.5) is 9.59 Å². The monoisotopic (exact) mass is 1690 g/mol. The summed E-state index contributed by atoms with van der Waals surface area (Å²) in [5, 5.41) is 106. The average molecular weight is 1690 g/mol. The quantitative estimate of drug-likeness (QED) is 0.00746. The van der Waals surface area contributed by atoms with Crippen LogP contribution in [0.2, 0.25) is 5.82 Å². The lowest BCUT2D eigenvalue weighted by atomic mass is 9.76. The highest BCUT2D eigenvalue weighted by Gasteiger charge is 2.86. The van der Waals surface area contributed by atoms with Crippen LogP contribution in [0.5, 0.6) is 28.7 Å². The van der Waals surface area contributed by atoms with Crippen molar-refractivity contribution in [2.45, 2.75) is 149 Å². The number of phenolic OH excluding ortho intramolecular Hbond substituents is 1. The Morgan fingerprint density at radius 3 is 2.03 bits per heavy atom. The molecule has 5 saturated heterocycles. The molecule has 16 atom stereocenters. The van der Waals surface area contributed by atoms with E-state index in [1.165, 1.54) is 72.5 Å². The number of aliphatic carboxylic acids is 2. The molecule has 4 amide bonds. The number of aliphatic hydroxyl groups excluding tert-OH is 6. The second kappa shape index (κ2) is 35.5. The molecule has 3 unspecified atom stereocenters. The van der Waals surface area contributed by atoms with Crippen LogP contribution in [0, 0.1) is 6.92 Å². The number of amides is 4. The summed E-state index contributed by atoms with van der Waals surface area (Å²) in [5.74, 6) is -9.97. The van der Waals surface area contributed by atoms with Gasteiger partial charge in [-0.3, -0.25) is 24.2 Å². The number of carbonyl (C=O) groups is 7. The number of hydrogen-bond donors (Lipinski definition) is 10. The summed E-state index contributed by atoms with van der Waals surface area (Å²) < 4.78 is 124. The minimum Gasteiger partial charge on any atom is -0.506 e. The number of likely N-dealkylation sites (tertiary alicyclic amines) is 1. The molecule has 1 aliphatic carbocycles. The van der Waals surface area contributed by atoms with Gasteiger partial charge in [-0.1, -0.05) is 39.3 Å². The van der Waals surface area contributed by atoms with Crippen molar-refractivity contribution < 1.29 is 164 Å². The normalized spacial score (nSPS) is 28.2. The number of carboxylic acid groups (broad SMARTS) is 2. The van der Waals surface area contributed by atoms with Gasteiger partial charge in [0.15, 0.2) is 24.1 Å². The third-order valence-corrected chi connectivity index (χ3v) is 22.1. The largest absolute Gasteiger partial charge is 0.506 e. The number of fused-ring (bicyclic) bond motifs is 6. The lowest BCUT2D eigenvalue weighted by molar-refractivity contribution is -0.360. The summed E-state index contributed by atoms with van der Waals surface area (Å²) in [6.45, 7) is 0.00557. The Morgan fingerprint density at radius 1 is 0.781 bits per heavy atom. The maximum absolute atomic E-state index is 14.5. The van der Waals surface area contributed by atoms with Crippen LogP contribution >= 0.6 is 15.9 Å². The number of aliphatic hydroxyl groups is 6. The van der Waals surface area contributed by atoms with Crippen LogP contribution in [0.1, 0.15) is 69.2 Å². The highest BCUT2D eigenvalue weighted by Crippen LogP contribution is 2.68. The molecule has 0 spiro atoms. The Balaban J connectivity index is 0.769.